The number of hydrogen-bond acceptors (Lipinski definition) is 6. The van der Waals surface area contributed by atoms with Crippen molar-refractivity contribution in [3.05, 3.63) is 53.1 Å². The van der Waals surface area contributed by atoms with Crippen LogP contribution in [0.5, 0.6) is 11.5 Å². The number of aryl methyl sites for hydroxylation is 2. The number of benzene rings is 2. The Balaban J connectivity index is 1.76. The molecule has 0 aromatic heterocycles. The van der Waals surface area contributed by atoms with Gasteiger partial charge in [0.25, 0.3) is 5.91 Å². The highest BCUT2D eigenvalue weighted by atomic mass is 16.7. The minimum Gasteiger partial charge on any atom is -0.493 e. The molecule has 7 heteroatoms. The summed E-state index contributed by atoms with van der Waals surface area (Å²) in [5.74, 6) is -0.646. The molecule has 2 aromatic carbocycles. The zero-order valence-electron chi connectivity index (χ0n) is 16.1. The van der Waals surface area contributed by atoms with Crippen LogP contribution in [0.25, 0.3) is 0 Å². The maximum Gasteiger partial charge on any atom is 0.278 e. The fourth-order valence-corrected chi connectivity index (χ4v) is 3.78. The fraction of sp³-hybridized carbons (Fsp3) is 0.286. The van der Waals surface area contributed by atoms with Gasteiger partial charge in [0.2, 0.25) is 12.0 Å². The summed E-state index contributed by atoms with van der Waals surface area (Å²) in [5.41, 5.74) is 3.40. The molecule has 2 atom stereocenters. The molecular formula is C21H20N2O5. The van der Waals surface area contributed by atoms with Crippen LogP contribution < -0.4 is 14.4 Å². The fourth-order valence-electron chi connectivity index (χ4n) is 3.78. The molecular weight excluding hydrogens is 360 g/mol. The van der Waals surface area contributed by atoms with Crippen LogP contribution in [0.3, 0.4) is 0 Å². The SMILES string of the molecule is COc1cccc(C2=NOC3C(=O)N(c4ccc(C)cc4C)C(=O)C23)c1OC. The monoisotopic (exact) mass is 380 g/mol. The predicted molar refractivity (Wildman–Crippen MR) is 103 cm³/mol. The average molecular weight is 380 g/mol. The molecule has 0 aliphatic carbocycles. The molecule has 4 rings (SSSR count). The van der Waals surface area contributed by atoms with Gasteiger partial charge < -0.3 is 14.3 Å². The first-order chi connectivity index (χ1) is 13.5. The number of ether oxygens (including phenoxy) is 2. The van der Waals surface area contributed by atoms with Crippen molar-refractivity contribution in [2.24, 2.45) is 11.1 Å². The molecule has 2 aromatic rings. The minimum atomic E-state index is -0.973. The van der Waals surface area contributed by atoms with Crippen LogP contribution in [0.15, 0.2) is 41.6 Å². The summed E-state index contributed by atoms with van der Waals surface area (Å²) in [4.78, 5) is 32.8. The molecule has 0 N–H and O–H groups in total. The van der Waals surface area contributed by atoms with Crippen LogP contribution >= 0.6 is 0 Å². The zero-order valence-corrected chi connectivity index (χ0v) is 16.1. The van der Waals surface area contributed by atoms with Crippen LogP contribution in [-0.2, 0) is 14.4 Å². The van der Waals surface area contributed by atoms with Crippen molar-refractivity contribution in [1.82, 2.24) is 0 Å². The maximum absolute atomic E-state index is 13.2. The maximum atomic E-state index is 13.2. The Morgan fingerprint density at radius 2 is 1.82 bits per heavy atom. The van der Waals surface area contributed by atoms with E-state index in [0.29, 0.717) is 28.5 Å². The number of amides is 2. The smallest absolute Gasteiger partial charge is 0.278 e. The number of hydrogen-bond donors (Lipinski definition) is 0. The van der Waals surface area contributed by atoms with Gasteiger partial charge in [-0.25, -0.2) is 4.90 Å². The Morgan fingerprint density at radius 3 is 2.50 bits per heavy atom. The first kappa shape index (κ1) is 18.0. The highest BCUT2D eigenvalue weighted by Gasteiger charge is 2.56. The van der Waals surface area contributed by atoms with Gasteiger partial charge in [-0.05, 0) is 37.6 Å². The number of oxime groups is 1. The highest BCUT2D eigenvalue weighted by molar-refractivity contribution is 6.33. The standard InChI is InChI=1S/C21H20N2O5/c1-11-8-9-14(12(2)10-11)23-20(24)16-17(22-28-19(16)21(23)25)13-6-5-7-15(26-3)18(13)27-4/h5-10,16,19H,1-4H3. The van der Waals surface area contributed by atoms with Gasteiger partial charge in [-0.2, -0.15) is 0 Å². The average Bonchev–Trinajstić information content (AvgIpc) is 3.22. The number of rotatable bonds is 4. The second-order valence-corrected chi connectivity index (χ2v) is 6.82. The number of carbonyl (C=O) groups excluding carboxylic acids is 2. The van der Waals surface area contributed by atoms with Gasteiger partial charge in [0.05, 0.1) is 19.9 Å². The third-order valence-corrected chi connectivity index (χ3v) is 5.08. The van der Waals surface area contributed by atoms with E-state index in [1.807, 2.05) is 26.0 Å². The first-order valence-corrected chi connectivity index (χ1v) is 8.88. The predicted octanol–water partition coefficient (Wildman–Crippen LogP) is 2.61. The molecule has 2 unspecified atom stereocenters. The molecule has 2 heterocycles. The van der Waals surface area contributed by atoms with Gasteiger partial charge >= 0.3 is 0 Å². The van der Waals surface area contributed by atoms with Crippen LogP contribution in [-0.4, -0.2) is 37.8 Å². The summed E-state index contributed by atoms with van der Waals surface area (Å²) in [5, 5.41) is 4.05. The lowest BCUT2D eigenvalue weighted by Crippen LogP contribution is -2.33. The molecule has 2 aliphatic rings. The topological polar surface area (TPSA) is 77.4 Å². The Labute approximate surface area is 162 Å². The molecule has 1 fully saturated rings. The normalized spacial score (nSPS) is 20.7. The molecule has 0 bridgehead atoms. The Bertz CT molecular complexity index is 1010. The van der Waals surface area contributed by atoms with Crippen LogP contribution in [0.1, 0.15) is 16.7 Å². The molecule has 0 saturated carbocycles. The number of anilines is 1. The van der Waals surface area contributed by atoms with E-state index in [-0.39, 0.29) is 5.91 Å². The van der Waals surface area contributed by atoms with Gasteiger partial charge in [-0.3, -0.25) is 9.59 Å². The van der Waals surface area contributed by atoms with E-state index in [2.05, 4.69) is 5.16 Å². The molecule has 0 spiro atoms. The summed E-state index contributed by atoms with van der Waals surface area (Å²) >= 11 is 0. The molecule has 28 heavy (non-hydrogen) atoms. The van der Waals surface area contributed by atoms with Crippen molar-refractivity contribution in [3.8, 4) is 11.5 Å². The number of nitrogens with zero attached hydrogens (tertiary/aromatic N) is 2. The molecule has 7 nitrogen and oxygen atoms in total. The Kier molecular flexibility index (Phi) is 4.30. The van der Waals surface area contributed by atoms with Crippen molar-refractivity contribution in [2.45, 2.75) is 20.0 Å². The summed E-state index contributed by atoms with van der Waals surface area (Å²) in [7, 11) is 3.04. The number of carbonyl (C=O) groups is 2. The van der Waals surface area contributed by atoms with E-state index in [0.717, 1.165) is 11.1 Å². The van der Waals surface area contributed by atoms with Crippen molar-refractivity contribution in [1.29, 1.82) is 0 Å². The third kappa shape index (κ3) is 2.54. The van der Waals surface area contributed by atoms with Crippen LogP contribution in [0, 0.1) is 19.8 Å². The van der Waals surface area contributed by atoms with E-state index < -0.39 is 17.9 Å². The number of fused-ring (bicyclic) bond motifs is 1. The zero-order chi connectivity index (χ0) is 20.0. The number of para-hydroxylation sites is 1. The van der Waals surface area contributed by atoms with Crippen molar-refractivity contribution in [2.75, 3.05) is 19.1 Å². The molecule has 1 saturated heterocycles. The summed E-state index contributed by atoms with van der Waals surface area (Å²) in [6.07, 6.45) is -0.973. The second kappa shape index (κ2) is 6.67. The van der Waals surface area contributed by atoms with E-state index >= 15 is 0 Å². The van der Waals surface area contributed by atoms with Gasteiger partial charge in [0.15, 0.2) is 11.5 Å². The summed E-state index contributed by atoms with van der Waals surface area (Å²) in [6, 6.07) is 10.9. The molecule has 2 aliphatic heterocycles. The van der Waals surface area contributed by atoms with Gasteiger partial charge in [0, 0.05) is 5.56 Å². The van der Waals surface area contributed by atoms with Gasteiger partial charge in [-0.15, -0.1) is 0 Å². The lowest BCUT2D eigenvalue weighted by Gasteiger charge is -2.18. The van der Waals surface area contributed by atoms with E-state index in [1.54, 1.807) is 24.3 Å². The van der Waals surface area contributed by atoms with Crippen molar-refractivity contribution < 1.29 is 23.9 Å². The first-order valence-electron chi connectivity index (χ1n) is 8.88. The number of methoxy groups -OCH3 is 2. The largest absolute Gasteiger partial charge is 0.493 e. The Hall–Kier alpha value is -3.35. The van der Waals surface area contributed by atoms with E-state index in [9.17, 15) is 9.59 Å². The van der Waals surface area contributed by atoms with Gasteiger partial charge in [0.1, 0.15) is 11.6 Å². The van der Waals surface area contributed by atoms with E-state index in [4.69, 9.17) is 14.3 Å². The van der Waals surface area contributed by atoms with Gasteiger partial charge in [-0.1, -0.05) is 28.9 Å². The quantitative estimate of drug-likeness (QED) is 0.762. The summed E-state index contributed by atoms with van der Waals surface area (Å²) in [6.45, 7) is 3.83. The van der Waals surface area contributed by atoms with Crippen molar-refractivity contribution >= 4 is 23.2 Å². The van der Waals surface area contributed by atoms with Crippen molar-refractivity contribution in [3.63, 3.8) is 0 Å². The molecule has 0 radical (unpaired) electrons. The lowest BCUT2D eigenvalue weighted by atomic mass is 9.93. The van der Waals surface area contributed by atoms with E-state index in [1.165, 1.54) is 19.1 Å². The third-order valence-electron chi connectivity index (χ3n) is 5.08. The minimum absolute atomic E-state index is 0.358. The highest BCUT2D eigenvalue weighted by Crippen LogP contribution is 2.40. The molecule has 144 valence electrons. The van der Waals surface area contributed by atoms with Crippen LogP contribution in [0.4, 0.5) is 5.69 Å². The second-order valence-electron chi connectivity index (χ2n) is 6.82. The summed E-state index contributed by atoms with van der Waals surface area (Å²) < 4.78 is 10.8. The Morgan fingerprint density at radius 1 is 1.04 bits per heavy atom. The van der Waals surface area contributed by atoms with Crippen LogP contribution in [0.2, 0.25) is 0 Å². The molecule has 2 amide bonds. The lowest BCUT2D eigenvalue weighted by molar-refractivity contribution is -0.126. The number of imide groups is 1.